The molecule has 4 heterocycles. The van der Waals surface area contributed by atoms with Crippen LogP contribution in [-0.4, -0.2) is 55.2 Å². The second-order valence-electron chi connectivity index (χ2n) is 10.5. The van der Waals surface area contributed by atoms with Crippen LogP contribution in [0, 0.1) is 18.7 Å². The van der Waals surface area contributed by atoms with E-state index in [-0.39, 0.29) is 5.52 Å². The van der Waals surface area contributed by atoms with Crippen molar-refractivity contribution in [2.45, 2.75) is 39.8 Å². The fourth-order valence-corrected chi connectivity index (χ4v) is 5.82. The van der Waals surface area contributed by atoms with Gasteiger partial charge >= 0.3 is 0 Å². The highest BCUT2D eigenvalue weighted by atomic mass is 35.5. The predicted octanol–water partition coefficient (Wildman–Crippen LogP) is 5.93. The molecule has 1 aliphatic heterocycles. The quantitative estimate of drug-likeness (QED) is 0.283. The van der Waals surface area contributed by atoms with Crippen LogP contribution in [0.5, 0.6) is 0 Å². The van der Waals surface area contributed by atoms with Crippen LogP contribution in [0.2, 0.25) is 5.02 Å². The van der Waals surface area contributed by atoms with Crippen molar-refractivity contribution in [2.24, 2.45) is 5.92 Å². The van der Waals surface area contributed by atoms with Crippen molar-refractivity contribution < 1.29 is 4.39 Å². The molecule has 200 valence electrons. The third-order valence-electron chi connectivity index (χ3n) is 7.38. The molecule has 8 nitrogen and oxygen atoms in total. The van der Waals surface area contributed by atoms with Crippen LogP contribution in [-0.2, 0) is 13.1 Å². The Balaban J connectivity index is 1.51. The van der Waals surface area contributed by atoms with Crippen LogP contribution in [0.25, 0.3) is 32.9 Å². The van der Waals surface area contributed by atoms with Crippen LogP contribution < -0.4 is 4.90 Å². The maximum atomic E-state index is 16.7. The molecule has 0 spiro atoms. The Hall–Kier alpha value is -3.69. The number of hydrogen-bond acceptors (Lipinski definition) is 7. The summed E-state index contributed by atoms with van der Waals surface area (Å²) in [5.74, 6) is 2.04. The minimum atomic E-state index is -0.452. The lowest BCUT2D eigenvalue weighted by Gasteiger charge is -2.33. The largest absolute Gasteiger partial charge is 0.356 e. The van der Waals surface area contributed by atoms with E-state index in [1.807, 2.05) is 37.1 Å². The van der Waals surface area contributed by atoms with E-state index in [1.54, 1.807) is 24.7 Å². The summed E-state index contributed by atoms with van der Waals surface area (Å²) in [7, 11) is 1.96. The van der Waals surface area contributed by atoms with E-state index in [4.69, 9.17) is 21.6 Å². The molecule has 0 radical (unpaired) electrons. The number of aromatic amines is 1. The average Bonchev–Trinajstić information content (AvgIpc) is 3.39. The van der Waals surface area contributed by atoms with E-state index in [1.165, 1.54) is 6.42 Å². The summed E-state index contributed by atoms with van der Waals surface area (Å²) in [6.45, 7) is 6.83. The number of fused-ring (bicyclic) bond motifs is 2. The zero-order chi connectivity index (χ0) is 27.1. The number of nitrogens with zero attached hydrogens (tertiary/aromatic N) is 7. The van der Waals surface area contributed by atoms with Gasteiger partial charge in [-0.25, -0.2) is 24.3 Å². The first kappa shape index (κ1) is 25.6. The molecular weight excluding hydrogens is 515 g/mol. The van der Waals surface area contributed by atoms with E-state index in [2.05, 4.69) is 32.0 Å². The number of aromatic nitrogens is 6. The summed E-state index contributed by atoms with van der Waals surface area (Å²) in [4.78, 5) is 22.7. The van der Waals surface area contributed by atoms with Crippen LogP contribution in [0.4, 0.5) is 10.2 Å². The predicted molar refractivity (Wildman–Crippen MR) is 152 cm³/mol. The van der Waals surface area contributed by atoms with Gasteiger partial charge in [0.15, 0.2) is 5.82 Å². The van der Waals surface area contributed by atoms with Crippen molar-refractivity contribution in [3.8, 4) is 11.1 Å². The van der Waals surface area contributed by atoms with E-state index in [9.17, 15) is 0 Å². The molecule has 2 aromatic carbocycles. The van der Waals surface area contributed by atoms with Crippen molar-refractivity contribution in [1.29, 1.82) is 0 Å². The van der Waals surface area contributed by atoms with Gasteiger partial charge in [0.1, 0.15) is 23.0 Å². The maximum Gasteiger partial charge on any atom is 0.159 e. The first-order chi connectivity index (χ1) is 18.9. The molecule has 0 bridgehead atoms. The number of anilines is 1. The van der Waals surface area contributed by atoms with Gasteiger partial charge in [-0.1, -0.05) is 30.7 Å². The van der Waals surface area contributed by atoms with Gasteiger partial charge in [-0.05, 0) is 50.4 Å². The molecule has 0 unspecified atom stereocenters. The summed E-state index contributed by atoms with van der Waals surface area (Å²) in [5, 5.41) is 9.04. The molecule has 6 rings (SSSR count). The Morgan fingerprint density at radius 2 is 1.92 bits per heavy atom. The first-order valence-corrected chi connectivity index (χ1v) is 13.6. The first-order valence-electron chi connectivity index (χ1n) is 13.2. The Morgan fingerprint density at radius 1 is 1.13 bits per heavy atom. The summed E-state index contributed by atoms with van der Waals surface area (Å²) in [6, 6.07) is 7.54. The number of benzene rings is 2. The summed E-state index contributed by atoms with van der Waals surface area (Å²) in [5.41, 5.74) is 2.94. The Kier molecular flexibility index (Phi) is 6.86. The fourth-order valence-electron chi connectivity index (χ4n) is 5.54. The zero-order valence-electron chi connectivity index (χ0n) is 22.2. The Labute approximate surface area is 231 Å². The zero-order valence-corrected chi connectivity index (χ0v) is 23.0. The SMILES string of the molecule is Cc1ccc2cn[nH]c2c1-c1c(Cl)cc2c(N3CCC[C@H](C)C3)nc(CN(C)Cc3ncccn3)nc2c1F. The molecule has 1 saturated heterocycles. The molecule has 0 saturated carbocycles. The third-order valence-corrected chi connectivity index (χ3v) is 7.68. The topological polar surface area (TPSA) is 86.7 Å². The van der Waals surface area contributed by atoms with Gasteiger partial charge in [0.05, 0.1) is 29.8 Å². The monoisotopic (exact) mass is 544 g/mol. The van der Waals surface area contributed by atoms with Gasteiger partial charge in [0, 0.05) is 47.4 Å². The van der Waals surface area contributed by atoms with Crippen LogP contribution in [0.1, 0.15) is 37.0 Å². The fraction of sp³-hybridized carbons (Fsp3) is 0.345. The maximum absolute atomic E-state index is 16.7. The summed E-state index contributed by atoms with van der Waals surface area (Å²) >= 11 is 6.87. The molecule has 39 heavy (non-hydrogen) atoms. The smallest absolute Gasteiger partial charge is 0.159 e. The van der Waals surface area contributed by atoms with E-state index < -0.39 is 5.82 Å². The van der Waals surface area contributed by atoms with Crippen molar-refractivity contribution >= 4 is 39.2 Å². The van der Waals surface area contributed by atoms with Gasteiger partial charge in [-0.2, -0.15) is 5.10 Å². The lowest BCUT2D eigenvalue weighted by atomic mass is 9.95. The minimum absolute atomic E-state index is 0.271. The number of rotatable bonds is 6. The number of piperidine rings is 1. The number of nitrogens with one attached hydrogen (secondary N) is 1. The molecule has 0 amide bonds. The second-order valence-corrected chi connectivity index (χ2v) is 10.9. The van der Waals surface area contributed by atoms with Crippen molar-refractivity contribution in [3.05, 3.63) is 70.9 Å². The normalized spacial score (nSPS) is 16.1. The number of halogens is 2. The molecule has 3 aromatic heterocycles. The molecule has 1 atom stereocenters. The molecule has 10 heteroatoms. The van der Waals surface area contributed by atoms with E-state index >= 15 is 4.39 Å². The third kappa shape index (κ3) is 4.92. The molecule has 1 fully saturated rings. The van der Waals surface area contributed by atoms with E-state index in [0.717, 1.165) is 41.8 Å². The highest BCUT2D eigenvalue weighted by Gasteiger charge is 2.26. The molecule has 0 aliphatic carbocycles. The van der Waals surface area contributed by atoms with Crippen LogP contribution in [0.3, 0.4) is 0 Å². The van der Waals surface area contributed by atoms with Crippen LogP contribution >= 0.6 is 11.6 Å². The van der Waals surface area contributed by atoms with E-state index in [0.29, 0.717) is 52.2 Å². The summed E-state index contributed by atoms with van der Waals surface area (Å²) in [6.07, 6.45) is 7.40. The minimum Gasteiger partial charge on any atom is -0.356 e. The molecular formula is C29H30ClFN8. The van der Waals surface area contributed by atoms with Crippen molar-refractivity contribution in [1.82, 2.24) is 35.0 Å². The van der Waals surface area contributed by atoms with Gasteiger partial charge in [-0.15, -0.1) is 0 Å². The molecule has 5 aromatic rings. The highest BCUT2D eigenvalue weighted by Crippen LogP contribution is 2.42. The number of aryl methyl sites for hydroxylation is 1. The Bertz CT molecular complexity index is 1650. The average molecular weight is 545 g/mol. The van der Waals surface area contributed by atoms with Crippen molar-refractivity contribution in [3.63, 3.8) is 0 Å². The standard InChI is InChI=1S/C29H30ClFN8/c1-17-6-4-11-39(14-17)29-20-12-21(30)25(24-18(2)7-8-19-13-34-37-27(19)24)26(31)28(20)35-23(36-29)16-38(3)15-22-32-9-5-10-33-22/h5,7-10,12-13,17H,4,6,11,14-16H2,1-3H3,(H,34,37)/t17-/m0/s1. The van der Waals surface area contributed by atoms with Crippen molar-refractivity contribution in [2.75, 3.05) is 25.0 Å². The van der Waals surface area contributed by atoms with Gasteiger partial charge in [0.2, 0.25) is 0 Å². The lowest BCUT2D eigenvalue weighted by molar-refractivity contribution is 0.302. The Morgan fingerprint density at radius 3 is 2.72 bits per heavy atom. The second kappa shape index (κ2) is 10.5. The number of hydrogen-bond donors (Lipinski definition) is 1. The highest BCUT2D eigenvalue weighted by molar-refractivity contribution is 6.35. The number of H-pyrrole nitrogens is 1. The van der Waals surface area contributed by atoms with Crippen LogP contribution in [0.15, 0.2) is 42.9 Å². The van der Waals surface area contributed by atoms with Gasteiger partial charge in [0.25, 0.3) is 0 Å². The van der Waals surface area contributed by atoms with Gasteiger partial charge in [-0.3, -0.25) is 10.00 Å². The lowest BCUT2D eigenvalue weighted by Crippen LogP contribution is -2.35. The summed E-state index contributed by atoms with van der Waals surface area (Å²) < 4.78 is 16.7. The molecule has 1 N–H and O–H groups in total. The van der Waals surface area contributed by atoms with Gasteiger partial charge < -0.3 is 4.90 Å². The molecule has 1 aliphatic rings.